The van der Waals surface area contributed by atoms with E-state index in [2.05, 4.69) is 26.7 Å². The van der Waals surface area contributed by atoms with E-state index < -0.39 is 17.5 Å². The van der Waals surface area contributed by atoms with Gasteiger partial charge in [-0.25, -0.2) is 4.79 Å². The van der Waals surface area contributed by atoms with Gasteiger partial charge in [0.15, 0.2) is 0 Å². The largest absolute Gasteiger partial charge is 0.344 e. The number of urea groups is 1. The average Bonchev–Trinajstić information content (AvgIpc) is 2.95. The normalized spacial score (nSPS) is 18.4. The van der Waals surface area contributed by atoms with E-state index in [9.17, 15) is 14.4 Å². The summed E-state index contributed by atoms with van der Waals surface area (Å²) < 4.78 is 1.04. The molecule has 0 aromatic heterocycles. The molecule has 1 atom stereocenters. The molecule has 1 saturated heterocycles. The number of aryl methyl sites for hydroxylation is 2. The van der Waals surface area contributed by atoms with Crippen LogP contribution in [-0.2, 0) is 22.4 Å². The molecule has 6 nitrogen and oxygen atoms in total. The zero-order chi connectivity index (χ0) is 21.6. The van der Waals surface area contributed by atoms with E-state index in [1.165, 1.54) is 5.56 Å². The number of hydrazine groups is 1. The van der Waals surface area contributed by atoms with Gasteiger partial charge in [0, 0.05) is 10.9 Å². The van der Waals surface area contributed by atoms with Crippen LogP contribution in [0.15, 0.2) is 59.1 Å². The first kappa shape index (κ1) is 22.0. The van der Waals surface area contributed by atoms with E-state index in [0.29, 0.717) is 19.3 Å². The van der Waals surface area contributed by atoms with E-state index in [0.717, 1.165) is 27.9 Å². The summed E-state index contributed by atoms with van der Waals surface area (Å²) in [6.45, 7) is 1.69. The number of rotatable bonds is 9. The minimum Gasteiger partial charge on any atom is -0.322 e. The van der Waals surface area contributed by atoms with E-state index in [-0.39, 0.29) is 12.3 Å². The molecular formula is C23H26BrN3O3. The Morgan fingerprint density at radius 3 is 2.37 bits per heavy atom. The summed E-state index contributed by atoms with van der Waals surface area (Å²) >= 11 is 3.41. The number of amides is 4. The molecule has 0 bridgehead atoms. The highest BCUT2D eigenvalue weighted by molar-refractivity contribution is 9.10. The topological polar surface area (TPSA) is 78.5 Å². The average molecular weight is 472 g/mol. The quantitative estimate of drug-likeness (QED) is 0.426. The smallest absolute Gasteiger partial charge is 0.322 e. The zero-order valence-corrected chi connectivity index (χ0v) is 18.6. The summed E-state index contributed by atoms with van der Waals surface area (Å²) in [6.07, 6.45) is 3.78. The summed E-state index contributed by atoms with van der Waals surface area (Å²) in [5.74, 6) is -0.756. The Morgan fingerprint density at radius 1 is 1.00 bits per heavy atom. The van der Waals surface area contributed by atoms with Crippen molar-refractivity contribution in [2.45, 2.75) is 51.0 Å². The first-order valence-electron chi connectivity index (χ1n) is 10.1. The summed E-state index contributed by atoms with van der Waals surface area (Å²) in [7, 11) is 0. The molecule has 1 heterocycles. The van der Waals surface area contributed by atoms with Crippen LogP contribution in [0.25, 0.3) is 0 Å². The summed E-state index contributed by atoms with van der Waals surface area (Å²) in [5.41, 5.74) is 3.74. The maximum absolute atomic E-state index is 12.8. The Bertz CT molecular complexity index is 902. The SMILES string of the molecule is CC1(CCc2ccccc2)NC(=O)N(NC(=O)CCCCc2ccc(Br)cc2)C1=O. The highest BCUT2D eigenvalue weighted by Gasteiger charge is 2.48. The molecule has 1 aliphatic rings. The Labute approximate surface area is 185 Å². The highest BCUT2D eigenvalue weighted by Crippen LogP contribution is 2.22. The lowest BCUT2D eigenvalue weighted by Gasteiger charge is -2.21. The second-order valence-corrected chi connectivity index (χ2v) is 8.67. The summed E-state index contributed by atoms with van der Waals surface area (Å²) in [4.78, 5) is 37.3. The zero-order valence-electron chi connectivity index (χ0n) is 17.0. The fourth-order valence-electron chi connectivity index (χ4n) is 3.44. The van der Waals surface area contributed by atoms with Gasteiger partial charge in [0.2, 0.25) is 5.91 Å². The standard InChI is InChI=1S/C23H26BrN3O3/c1-23(16-15-17-7-3-2-4-8-17)21(29)27(22(30)25-23)26-20(28)10-6-5-9-18-11-13-19(24)14-12-18/h2-4,7-8,11-14H,5-6,9-10,15-16H2,1H3,(H,25,30)(H,26,28). The fraction of sp³-hybridized carbons (Fsp3) is 0.348. The van der Waals surface area contributed by atoms with Gasteiger partial charge >= 0.3 is 6.03 Å². The maximum atomic E-state index is 12.8. The Balaban J connectivity index is 1.44. The molecule has 2 aromatic carbocycles. The number of hydrogen-bond acceptors (Lipinski definition) is 3. The van der Waals surface area contributed by atoms with E-state index in [1.54, 1.807) is 6.92 Å². The first-order chi connectivity index (χ1) is 14.4. The summed E-state index contributed by atoms with van der Waals surface area (Å²) in [5, 5.41) is 3.54. The Kier molecular flexibility index (Phi) is 7.26. The van der Waals surface area contributed by atoms with Crippen molar-refractivity contribution in [2.75, 3.05) is 0 Å². The molecule has 1 fully saturated rings. The van der Waals surface area contributed by atoms with Crippen molar-refractivity contribution < 1.29 is 14.4 Å². The second-order valence-electron chi connectivity index (χ2n) is 7.76. The Hall–Kier alpha value is -2.67. The lowest BCUT2D eigenvalue weighted by Crippen LogP contribution is -2.48. The number of nitrogens with zero attached hydrogens (tertiary/aromatic N) is 1. The molecule has 7 heteroatoms. The van der Waals surface area contributed by atoms with Crippen LogP contribution in [0.2, 0.25) is 0 Å². The lowest BCUT2D eigenvalue weighted by atomic mass is 9.93. The lowest BCUT2D eigenvalue weighted by molar-refractivity contribution is -0.138. The van der Waals surface area contributed by atoms with Crippen molar-refractivity contribution in [3.63, 3.8) is 0 Å². The predicted octanol–water partition coefficient (Wildman–Crippen LogP) is 4.14. The number of unbranched alkanes of at least 4 members (excludes halogenated alkanes) is 1. The number of carbonyl (C=O) groups excluding carboxylic acids is 3. The van der Waals surface area contributed by atoms with Gasteiger partial charge in [-0.15, -0.1) is 0 Å². The van der Waals surface area contributed by atoms with Gasteiger partial charge in [-0.3, -0.25) is 15.0 Å². The number of hydrogen-bond donors (Lipinski definition) is 2. The number of benzene rings is 2. The van der Waals surface area contributed by atoms with Crippen molar-refractivity contribution in [1.82, 2.24) is 15.8 Å². The van der Waals surface area contributed by atoms with E-state index in [4.69, 9.17) is 0 Å². The van der Waals surface area contributed by atoms with Crippen molar-refractivity contribution in [1.29, 1.82) is 0 Å². The molecule has 2 aromatic rings. The molecule has 0 aliphatic carbocycles. The van der Waals surface area contributed by atoms with E-state index >= 15 is 0 Å². The first-order valence-corrected chi connectivity index (χ1v) is 10.9. The van der Waals surface area contributed by atoms with Crippen molar-refractivity contribution >= 4 is 33.8 Å². The predicted molar refractivity (Wildman–Crippen MR) is 118 cm³/mol. The van der Waals surface area contributed by atoms with Crippen molar-refractivity contribution in [3.8, 4) is 0 Å². The summed E-state index contributed by atoms with van der Waals surface area (Å²) in [6, 6.07) is 17.3. The molecule has 0 radical (unpaired) electrons. The Morgan fingerprint density at radius 2 is 1.67 bits per heavy atom. The third-order valence-corrected chi connectivity index (χ3v) is 5.82. The molecule has 1 unspecified atom stereocenters. The van der Waals surface area contributed by atoms with E-state index in [1.807, 2.05) is 54.6 Å². The number of nitrogens with one attached hydrogen (secondary N) is 2. The van der Waals surface area contributed by atoms with Crippen LogP contribution in [0.3, 0.4) is 0 Å². The fourth-order valence-corrected chi connectivity index (χ4v) is 3.71. The molecule has 4 amide bonds. The maximum Gasteiger partial charge on any atom is 0.344 e. The van der Waals surface area contributed by atoms with Gasteiger partial charge < -0.3 is 5.32 Å². The van der Waals surface area contributed by atoms with Crippen LogP contribution in [0.4, 0.5) is 4.79 Å². The molecule has 30 heavy (non-hydrogen) atoms. The minimum absolute atomic E-state index is 0.258. The molecule has 3 rings (SSSR count). The van der Waals surface area contributed by atoms with Crippen LogP contribution in [0.1, 0.15) is 43.7 Å². The number of halogens is 1. The third kappa shape index (κ3) is 5.69. The van der Waals surface area contributed by atoms with Crippen LogP contribution >= 0.6 is 15.9 Å². The minimum atomic E-state index is -1.03. The van der Waals surface area contributed by atoms with Crippen LogP contribution in [-0.4, -0.2) is 28.4 Å². The van der Waals surface area contributed by atoms with Gasteiger partial charge in [-0.1, -0.05) is 58.4 Å². The van der Waals surface area contributed by atoms with Crippen LogP contribution in [0, 0.1) is 0 Å². The number of carbonyl (C=O) groups is 3. The van der Waals surface area contributed by atoms with Gasteiger partial charge in [0.1, 0.15) is 5.54 Å². The van der Waals surface area contributed by atoms with Gasteiger partial charge in [-0.05, 0) is 62.3 Å². The second kappa shape index (κ2) is 9.89. The van der Waals surface area contributed by atoms with Crippen molar-refractivity contribution in [3.05, 3.63) is 70.2 Å². The molecule has 158 valence electrons. The monoisotopic (exact) mass is 471 g/mol. The van der Waals surface area contributed by atoms with Gasteiger partial charge in [0.25, 0.3) is 5.91 Å². The molecule has 1 aliphatic heterocycles. The van der Waals surface area contributed by atoms with Gasteiger partial charge in [-0.2, -0.15) is 5.01 Å². The highest BCUT2D eigenvalue weighted by atomic mass is 79.9. The number of imide groups is 1. The van der Waals surface area contributed by atoms with Gasteiger partial charge in [0.05, 0.1) is 0 Å². The molecule has 0 saturated carbocycles. The van der Waals surface area contributed by atoms with Crippen LogP contribution < -0.4 is 10.7 Å². The molecule has 2 N–H and O–H groups in total. The third-order valence-electron chi connectivity index (χ3n) is 5.29. The molecular weight excluding hydrogens is 446 g/mol. The van der Waals surface area contributed by atoms with Crippen LogP contribution in [0.5, 0.6) is 0 Å². The van der Waals surface area contributed by atoms with Crippen molar-refractivity contribution in [2.24, 2.45) is 0 Å². The molecule has 0 spiro atoms.